The van der Waals surface area contributed by atoms with E-state index in [9.17, 15) is 14.0 Å². The summed E-state index contributed by atoms with van der Waals surface area (Å²) in [4.78, 5) is 26.7. The first kappa shape index (κ1) is 21.6. The highest BCUT2D eigenvalue weighted by Gasteiger charge is 2.42. The lowest BCUT2D eigenvalue weighted by Crippen LogP contribution is -2.41. The maximum atomic E-state index is 13.9. The van der Waals surface area contributed by atoms with Crippen molar-refractivity contribution in [2.45, 2.75) is 38.3 Å². The van der Waals surface area contributed by atoms with Gasteiger partial charge in [-0.05, 0) is 42.8 Å². The molecule has 2 aromatic carbocycles. The summed E-state index contributed by atoms with van der Waals surface area (Å²) < 4.78 is 30.1. The molecule has 1 fully saturated rings. The molecule has 1 aliphatic heterocycles. The molecular weight excluding hydrogens is 389 g/mol. The highest BCUT2D eigenvalue weighted by molar-refractivity contribution is 5.97. The number of halogens is 1. The molecule has 7 heteroatoms. The Morgan fingerprint density at radius 2 is 1.87 bits per heavy atom. The molecule has 0 bridgehead atoms. The van der Waals surface area contributed by atoms with Crippen molar-refractivity contribution in [2.24, 2.45) is 0 Å². The van der Waals surface area contributed by atoms with Crippen molar-refractivity contribution in [3.8, 4) is 11.5 Å². The molecule has 1 aliphatic rings. The molecule has 0 N–H and O–H groups in total. The van der Waals surface area contributed by atoms with Crippen LogP contribution in [-0.2, 0) is 9.53 Å². The number of esters is 1. The van der Waals surface area contributed by atoms with Crippen LogP contribution in [0.5, 0.6) is 11.5 Å². The first-order chi connectivity index (χ1) is 14.5. The Labute approximate surface area is 175 Å². The second-order valence-corrected chi connectivity index (χ2v) is 7.13. The number of carbonyl (C=O) groups excluding carboxylic acids is 2. The number of para-hydroxylation sites is 1. The van der Waals surface area contributed by atoms with Gasteiger partial charge in [0.1, 0.15) is 17.9 Å². The third kappa shape index (κ3) is 5.09. The van der Waals surface area contributed by atoms with Gasteiger partial charge in [0, 0.05) is 12.0 Å². The van der Waals surface area contributed by atoms with Crippen LogP contribution in [0.25, 0.3) is 0 Å². The number of unbranched alkanes of at least 4 members (excludes halogenated alkanes) is 1. The minimum atomic E-state index is -0.792. The molecule has 1 amide bonds. The van der Waals surface area contributed by atoms with E-state index in [4.69, 9.17) is 14.2 Å². The Morgan fingerprint density at radius 1 is 1.13 bits per heavy atom. The van der Waals surface area contributed by atoms with Crippen LogP contribution >= 0.6 is 0 Å². The monoisotopic (exact) mass is 415 g/mol. The van der Waals surface area contributed by atoms with Crippen molar-refractivity contribution >= 4 is 11.9 Å². The van der Waals surface area contributed by atoms with E-state index in [1.54, 1.807) is 36.4 Å². The van der Waals surface area contributed by atoms with Gasteiger partial charge >= 0.3 is 5.97 Å². The summed E-state index contributed by atoms with van der Waals surface area (Å²) in [6.45, 7) is 2.86. The van der Waals surface area contributed by atoms with Crippen LogP contribution in [0.1, 0.15) is 36.5 Å². The average Bonchev–Trinajstić information content (AvgIpc) is 3.19. The SMILES string of the molecule is CCCCOc1ccc(C(=O)N2CC(Oc3ccccc3F)CC2C(=O)OC)cc1. The molecule has 3 rings (SSSR count). The highest BCUT2D eigenvalue weighted by Crippen LogP contribution is 2.27. The van der Waals surface area contributed by atoms with Gasteiger partial charge in [-0.2, -0.15) is 0 Å². The van der Waals surface area contributed by atoms with Crippen molar-refractivity contribution in [3.63, 3.8) is 0 Å². The minimum Gasteiger partial charge on any atom is -0.494 e. The van der Waals surface area contributed by atoms with Gasteiger partial charge in [0.15, 0.2) is 11.6 Å². The summed E-state index contributed by atoms with van der Waals surface area (Å²) in [5, 5.41) is 0. The first-order valence-electron chi connectivity index (χ1n) is 10.1. The maximum absolute atomic E-state index is 13.9. The zero-order valence-corrected chi connectivity index (χ0v) is 17.2. The topological polar surface area (TPSA) is 65.1 Å². The van der Waals surface area contributed by atoms with Crippen LogP contribution in [0, 0.1) is 5.82 Å². The second-order valence-electron chi connectivity index (χ2n) is 7.13. The highest BCUT2D eigenvalue weighted by atomic mass is 19.1. The molecule has 6 nitrogen and oxygen atoms in total. The quantitative estimate of drug-likeness (QED) is 0.484. The summed E-state index contributed by atoms with van der Waals surface area (Å²) in [6, 6.07) is 12.1. The van der Waals surface area contributed by atoms with Crippen molar-refractivity contribution in [3.05, 3.63) is 59.9 Å². The van der Waals surface area contributed by atoms with Crippen LogP contribution in [0.4, 0.5) is 4.39 Å². The molecule has 0 aromatic heterocycles. The summed E-state index contributed by atoms with van der Waals surface area (Å²) >= 11 is 0. The smallest absolute Gasteiger partial charge is 0.328 e. The number of amides is 1. The van der Waals surface area contributed by atoms with Gasteiger partial charge in [0.05, 0.1) is 20.3 Å². The molecule has 1 heterocycles. The van der Waals surface area contributed by atoms with E-state index in [1.165, 1.54) is 24.1 Å². The standard InChI is InChI=1S/C23H26FNO5/c1-3-4-13-29-17-11-9-16(10-12-17)22(26)25-15-18(14-20(25)23(27)28-2)30-21-8-6-5-7-19(21)24/h5-12,18,20H,3-4,13-15H2,1-2H3. The van der Waals surface area contributed by atoms with E-state index >= 15 is 0 Å². The Kier molecular flexibility index (Phi) is 7.27. The van der Waals surface area contributed by atoms with E-state index in [0.29, 0.717) is 17.9 Å². The number of methoxy groups -OCH3 is 1. The number of likely N-dealkylation sites (tertiary alicyclic amines) is 1. The second kappa shape index (κ2) is 10.1. The molecule has 0 radical (unpaired) electrons. The fourth-order valence-corrected chi connectivity index (χ4v) is 3.38. The summed E-state index contributed by atoms with van der Waals surface area (Å²) in [5.74, 6) is -0.552. The summed E-state index contributed by atoms with van der Waals surface area (Å²) in [7, 11) is 1.28. The third-order valence-electron chi connectivity index (χ3n) is 5.00. The Hall–Kier alpha value is -3.09. The molecule has 0 saturated carbocycles. The van der Waals surface area contributed by atoms with Gasteiger partial charge in [-0.1, -0.05) is 25.5 Å². The van der Waals surface area contributed by atoms with E-state index in [0.717, 1.165) is 12.8 Å². The lowest BCUT2D eigenvalue weighted by Gasteiger charge is -2.22. The molecule has 0 aliphatic carbocycles. The maximum Gasteiger partial charge on any atom is 0.328 e. The predicted octanol–water partition coefficient (Wildman–Crippen LogP) is 3.84. The van der Waals surface area contributed by atoms with Gasteiger partial charge in [-0.3, -0.25) is 4.79 Å². The van der Waals surface area contributed by atoms with E-state index < -0.39 is 23.9 Å². The van der Waals surface area contributed by atoms with Gasteiger partial charge in [-0.15, -0.1) is 0 Å². The van der Waals surface area contributed by atoms with E-state index in [2.05, 4.69) is 6.92 Å². The number of nitrogens with zero attached hydrogens (tertiary/aromatic N) is 1. The summed E-state index contributed by atoms with van der Waals surface area (Å²) in [6.07, 6.45) is 1.70. The third-order valence-corrected chi connectivity index (χ3v) is 5.00. The van der Waals surface area contributed by atoms with Crippen molar-refractivity contribution in [2.75, 3.05) is 20.3 Å². The van der Waals surface area contributed by atoms with Crippen molar-refractivity contribution < 1.29 is 28.2 Å². The van der Waals surface area contributed by atoms with Crippen LogP contribution in [0.3, 0.4) is 0 Å². The Balaban J connectivity index is 1.72. The van der Waals surface area contributed by atoms with Crippen molar-refractivity contribution in [1.29, 1.82) is 0 Å². The van der Waals surface area contributed by atoms with Crippen LogP contribution < -0.4 is 9.47 Å². The Morgan fingerprint density at radius 3 is 2.53 bits per heavy atom. The Bertz CT molecular complexity index is 870. The predicted molar refractivity (Wildman–Crippen MR) is 109 cm³/mol. The molecule has 0 spiro atoms. The van der Waals surface area contributed by atoms with Crippen LogP contribution in [0.15, 0.2) is 48.5 Å². The van der Waals surface area contributed by atoms with Gasteiger partial charge in [-0.25, -0.2) is 9.18 Å². The molecular formula is C23H26FNO5. The lowest BCUT2D eigenvalue weighted by molar-refractivity contribution is -0.145. The minimum absolute atomic E-state index is 0.0917. The number of ether oxygens (including phenoxy) is 3. The normalized spacial score (nSPS) is 18.2. The molecule has 2 atom stereocenters. The number of benzene rings is 2. The fraction of sp³-hybridized carbons (Fsp3) is 0.391. The largest absolute Gasteiger partial charge is 0.494 e. The molecule has 2 aromatic rings. The molecule has 30 heavy (non-hydrogen) atoms. The van der Waals surface area contributed by atoms with E-state index in [1.807, 2.05) is 0 Å². The molecule has 1 saturated heterocycles. The number of rotatable bonds is 8. The van der Waals surface area contributed by atoms with Crippen molar-refractivity contribution in [1.82, 2.24) is 4.90 Å². The average molecular weight is 415 g/mol. The van der Waals surface area contributed by atoms with Gasteiger partial charge < -0.3 is 19.1 Å². The van der Waals surface area contributed by atoms with Crippen LogP contribution in [-0.4, -0.2) is 49.2 Å². The number of hydrogen-bond acceptors (Lipinski definition) is 5. The van der Waals surface area contributed by atoms with Gasteiger partial charge in [0.25, 0.3) is 5.91 Å². The van der Waals surface area contributed by atoms with E-state index in [-0.39, 0.29) is 24.6 Å². The molecule has 2 unspecified atom stereocenters. The van der Waals surface area contributed by atoms with Crippen LogP contribution in [0.2, 0.25) is 0 Å². The summed E-state index contributed by atoms with van der Waals surface area (Å²) in [5.41, 5.74) is 0.429. The number of carbonyl (C=O) groups is 2. The zero-order valence-electron chi connectivity index (χ0n) is 17.2. The zero-order chi connectivity index (χ0) is 21.5. The molecule has 160 valence electrons. The first-order valence-corrected chi connectivity index (χ1v) is 10.1. The lowest BCUT2D eigenvalue weighted by atomic mass is 10.1. The number of hydrogen-bond donors (Lipinski definition) is 0. The fourth-order valence-electron chi connectivity index (χ4n) is 3.38. The van der Waals surface area contributed by atoms with Gasteiger partial charge in [0.2, 0.25) is 0 Å².